The molecule has 1 saturated heterocycles. The molecule has 0 bridgehead atoms. The Morgan fingerprint density at radius 1 is 1.08 bits per heavy atom. The standard InChI is InChI=1S/C31H30N4O5S2.C2HF3O2/c1-40-26-9-7-24-8-10-28(17-25(24)16-26)42(38,39)35(20-30(36)33-13-11-22-5-3-2-4-6-22)29-12-14-34(31(29)37)19-23-15-27(18-32)41-21-23;3-2(4,5)1(6)7/h2-10,15-17,21,29H,11-14,19-20H2,1H3,(H,33,36);(H,6,7)/t29-;/m0./s1. The van der Waals surface area contributed by atoms with Crippen LogP contribution in [0.4, 0.5) is 13.2 Å². The fraction of sp³-hybridized carbons (Fsp3) is 0.273. The van der Waals surface area contributed by atoms with Crippen LogP contribution in [0.5, 0.6) is 5.75 Å². The maximum Gasteiger partial charge on any atom is 0.490 e. The number of halogens is 3. The van der Waals surface area contributed by atoms with Crippen molar-refractivity contribution in [3.05, 3.63) is 94.2 Å². The summed E-state index contributed by atoms with van der Waals surface area (Å²) in [5.41, 5.74) is 1.85. The Kier molecular flexibility index (Phi) is 12.0. The van der Waals surface area contributed by atoms with E-state index in [1.807, 2.05) is 41.8 Å². The molecule has 2 amide bonds. The fourth-order valence-electron chi connectivity index (χ4n) is 5.06. The molecule has 4 aromatic rings. The Labute approximate surface area is 284 Å². The first-order valence-corrected chi connectivity index (χ1v) is 17.0. The third-order valence-electron chi connectivity index (χ3n) is 7.50. The SMILES string of the molecule is COc1ccc2ccc(S(=O)(=O)N(CC(=O)NCCc3ccccc3)[C@H]3CCN(Cc4csc(C#N)c4)C3=O)cc2c1.O=C(O)C(F)(F)F. The number of hydrogen-bond donors (Lipinski definition) is 2. The lowest BCUT2D eigenvalue weighted by Crippen LogP contribution is -2.49. The number of nitrogens with zero attached hydrogens (tertiary/aromatic N) is 3. The van der Waals surface area contributed by atoms with E-state index < -0.39 is 40.7 Å². The molecule has 0 aliphatic carbocycles. The predicted octanol–water partition coefficient (Wildman–Crippen LogP) is 4.57. The van der Waals surface area contributed by atoms with Crippen molar-refractivity contribution in [3.8, 4) is 11.8 Å². The topological polar surface area (TPSA) is 157 Å². The predicted molar refractivity (Wildman–Crippen MR) is 174 cm³/mol. The third kappa shape index (κ3) is 9.56. The maximum absolute atomic E-state index is 14.1. The average molecular weight is 717 g/mol. The number of carboxylic acid groups (broad SMARTS) is 1. The summed E-state index contributed by atoms with van der Waals surface area (Å²) in [4.78, 5) is 37.7. The summed E-state index contributed by atoms with van der Waals surface area (Å²) in [6.45, 7) is 0.434. The molecular formula is C33H31F3N4O7S2. The number of benzene rings is 3. The van der Waals surface area contributed by atoms with Crippen LogP contribution < -0.4 is 10.1 Å². The Hall–Kier alpha value is -4.98. The van der Waals surface area contributed by atoms with Crippen LogP contribution in [0, 0.1) is 11.3 Å². The number of hydrogen-bond acceptors (Lipinski definition) is 8. The van der Waals surface area contributed by atoms with Crippen LogP contribution in [-0.2, 0) is 37.4 Å². The van der Waals surface area contributed by atoms with Gasteiger partial charge in [0.25, 0.3) is 0 Å². The second kappa shape index (κ2) is 15.9. The van der Waals surface area contributed by atoms with Gasteiger partial charge in [-0.25, -0.2) is 13.2 Å². The quantitative estimate of drug-likeness (QED) is 0.229. The highest BCUT2D eigenvalue weighted by Gasteiger charge is 2.43. The van der Waals surface area contributed by atoms with E-state index in [0.29, 0.717) is 35.5 Å². The maximum atomic E-state index is 14.1. The number of carbonyl (C=O) groups excluding carboxylic acids is 2. The van der Waals surface area contributed by atoms with Crippen LogP contribution in [-0.4, -0.2) is 79.5 Å². The lowest BCUT2D eigenvalue weighted by molar-refractivity contribution is -0.192. The Balaban J connectivity index is 0.000000698. The van der Waals surface area contributed by atoms with Crippen LogP contribution in [0.25, 0.3) is 10.8 Å². The van der Waals surface area contributed by atoms with Gasteiger partial charge in [0.15, 0.2) is 0 Å². The number of carbonyl (C=O) groups is 3. The largest absolute Gasteiger partial charge is 0.497 e. The molecule has 11 nitrogen and oxygen atoms in total. The van der Waals surface area contributed by atoms with Gasteiger partial charge in [-0.1, -0.05) is 42.5 Å². The average Bonchev–Trinajstić information content (AvgIpc) is 3.69. The zero-order chi connectivity index (χ0) is 35.8. The summed E-state index contributed by atoms with van der Waals surface area (Å²) in [5.74, 6) is -3.03. The molecule has 0 unspecified atom stereocenters. The van der Waals surface area contributed by atoms with Crippen LogP contribution in [0.1, 0.15) is 22.4 Å². The number of rotatable bonds is 11. The van der Waals surface area contributed by atoms with E-state index in [0.717, 1.165) is 20.8 Å². The Bertz CT molecular complexity index is 1960. The van der Waals surface area contributed by atoms with Crippen molar-refractivity contribution < 1.29 is 45.8 Å². The first-order valence-electron chi connectivity index (χ1n) is 14.7. The van der Waals surface area contributed by atoms with E-state index in [2.05, 4.69) is 11.4 Å². The molecule has 258 valence electrons. The zero-order valence-corrected chi connectivity index (χ0v) is 27.6. The van der Waals surface area contributed by atoms with E-state index in [-0.39, 0.29) is 23.8 Å². The normalized spacial score (nSPS) is 14.7. The number of thiophene rings is 1. The van der Waals surface area contributed by atoms with Crippen molar-refractivity contribution in [1.29, 1.82) is 5.26 Å². The summed E-state index contributed by atoms with van der Waals surface area (Å²) in [5, 5.41) is 22.4. The van der Waals surface area contributed by atoms with Crippen LogP contribution in [0.3, 0.4) is 0 Å². The van der Waals surface area contributed by atoms with Crippen molar-refractivity contribution in [2.45, 2.75) is 36.5 Å². The lowest BCUT2D eigenvalue weighted by Gasteiger charge is -2.27. The van der Waals surface area contributed by atoms with Gasteiger partial charge < -0.3 is 20.1 Å². The molecule has 0 spiro atoms. The molecule has 0 saturated carbocycles. The van der Waals surface area contributed by atoms with Gasteiger partial charge in [-0.15, -0.1) is 11.3 Å². The molecule has 1 aliphatic rings. The second-order valence-corrected chi connectivity index (χ2v) is 13.6. The number of aliphatic carboxylic acids is 1. The number of nitrogens with one attached hydrogen (secondary N) is 1. The van der Waals surface area contributed by atoms with Gasteiger partial charge in [-0.05, 0) is 70.5 Å². The molecule has 1 fully saturated rings. The highest BCUT2D eigenvalue weighted by atomic mass is 32.2. The zero-order valence-electron chi connectivity index (χ0n) is 26.0. The van der Waals surface area contributed by atoms with E-state index in [1.54, 1.807) is 35.2 Å². The minimum atomic E-state index is -5.08. The molecule has 16 heteroatoms. The molecule has 3 aromatic carbocycles. The highest BCUT2D eigenvalue weighted by Crippen LogP contribution is 2.29. The van der Waals surface area contributed by atoms with Crippen molar-refractivity contribution in [3.63, 3.8) is 0 Å². The van der Waals surface area contributed by atoms with Crippen molar-refractivity contribution >= 4 is 49.9 Å². The van der Waals surface area contributed by atoms with Gasteiger partial charge in [0.05, 0.1) is 18.6 Å². The number of nitriles is 1. The summed E-state index contributed by atoms with van der Waals surface area (Å²) >= 11 is 1.29. The fourth-order valence-corrected chi connectivity index (χ4v) is 7.36. The minimum absolute atomic E-state index is 0.0110. The Morgan fingerprint density at radius 2 is 1.78 bits per heavy atom. The van der Waals surface area contributed by atoms with Crippen molar-refractivity contribution in [2.24, 2.45) is 0 Å². The van der Waals surface area contributed by atoms with Crippen LogP contribution >= 0.6 is 11.3 Å². The summed E-state index contributed by atoms with van der Waals surface area (Å²) in [7, 11) is -2.72. The second-order valence-electron chi connectivity index (χ2n) is 10.8. The number of sulfonamides is 1. The number of methoxy groups -OCH3 is 1. The van der Waals surface area contributed by atoms with E-state index >= 15 is 0 Å². The summed E-state index contributed by atoms with van der Waals surface area (Å²) in [6, 6.07) is 22.5. The first-order chi connectivity index (χ1) is 23.2. The van der Waals surface area contributed by atoms with Gasteiger partial charge in [-0.3, -0.25) is 9.59 Å². The van der Waals surface area contributed by atoms with Gasteiger partial charge >= 0.3 is 12.1 Å². The molecule has 2 heterocycles. The lowest BCUT2D eigenvalue weighted by atomic mass is 10.1. The van der Waals surface area contributed by atoms with Crippen LogP contribution in [0.15, 0.2) is 83.1 Å². The van der Waals surface area contributed by atoms with Gasteiger partial charge in [0.2, 0.25) is 21.8 Å². The van der Waals surface area contributed by atoms with Gasteiger partial charge in [-0.2, -0.15) is 22.7 Å². The molecule has 1 atom stereocenters. The summed E-state index contributed by atoms with van der Waals surface area (Å²) in [6.07, 6.45) is -4.25. The van der Waals surface area contributed by atoms with Gasteiger partial charge in [0.1, 0.15) is 22.7 Å². The molecule has 5 rings (SSSR count). The number of carboxylic acids is 1. The smallest absolute Gasteiger partial charge is 0.490 e. The number of amides is 2. The molecule has 2 N–H and O–H groups in total. The minimum Gasteiger partial charge on any atom is -0.497 e. The first kappa shape index (κ1) is 36.8. The molecule has 0 radical (unpaired) electrons. The van der Waals surface area contributed by atoms with Crippen molar-refractivity contribution in [2.75, 3.05) is 26.7 Å². The molecule has 1 aromatic heterocycles. The third-order valence-corrected chi connectivity index (χ3v) is 10.2. The molecular weight excluding hydrogens is 686 g/mol. The highest BCUT2D eigenvalue weighted by molar-refractivity contribution is 7.89. The monoisotopic (exact) mass is 716 g/mol. The number of fused-ring (bicyclic) bond motifs is 1. The van der Waals surface area contributed by atoms with E-state index in [4.69, 9.17) is 19.9 Å². The van der Waals surface area contributed by atoms with E-state index in [9.17, 15) is 31.2 Å². The Morgan fingerprint density at radius 3 is 2.41 bits per heavy atom. The van der Waals surface area contributed by atoms with E-state index in [1.165, 1.54) is 24.5 Å². The number of likely N-dealkylation sites (tertiary alicyclic amines) is 1. The van der Waals surface area contributed by atoms with Crippen molar-refractivity contribution in [1.82, 2.24) is 14.5 Å². The number of ether oxygens (including phenoxy) is 1. The van der Waals surface area contributed by atoms with Crippen LogP contribution in [0.2, 0.25) is 0 Å². The summed E-state index contributed by atoms with van der Waals surface area (Å²) < 4.78 is 66.3. The van der Waals surface area contributed by atoms with Gasteiger partial charge in [0, 0.05) is 19.6 Å². The molecule has 1 aliphatic heterocycles. The number of alkyl halides is 3. The molecule has 49 heavy (non-hydrogen) atoms.